The summed E-state index contributed by atoms with van der Waals surface area (Å²) in [5, 5.41) is 3.82. The van der Waals surface area contributed by atoms with E-state index in [4.69, 9.17) is 22.1 Å². The highest BCUT2D eigenvalue weighted by Gasteiger charge is 2.13. The van der Waals surface area contributed by atoms with Gasteiger partial charge < -0.3 is 20.8 Å². The third-order valence-corrected chi connectivity index (χ3v) is 5.41. The van der Waals surface area contributed by atoms with E-state index in [-0.39, 0.29) is 5.96 Å². The van der Waals surface area contributed by atoms with Gasteiger partial charge in [0.15, 0.2) is 5.96 Å². The first-order chi connectivity index (χ1) is 14.9. The van der Waals surface area contributed by atoms with E-state index in [9.17, 15) is 4.79 Å². The van der Waals surface area contributed by atoms with Crippen LogP contribution in [0.5, 0.6) is 5.75 Å². The normalized spacial score (nSPS) is 11.8. The maximum Gasteiger partial charge on any atom is 0.296 e. The van der Waals surface area contributed by atoms with Crippen molar-refractivity contribution in [3.63, 3.8) is 0 Å². The van der Waals surface area contributed by atoms with Crippen molar-refractivity contribution in [3.8, 4) is 5.75 Å². The molecule has 0 saturated carbocycles. The molecular weight excluding hydrogens is 414 g/mol. The van der Waals surface area contributed by atoms with Gasteiger partial charge in [-0.2, -0.15) is 4.99 Å². The Morgan fingerprint density at radius 2 is 1.84 bits per heavy atom. The van der Waals surface area contributed by atoms with Gasteiger partial charge in [-0.15, -0.1) is 0 Å². The molecule has 0 atom stereocenters. The number of aromatic nitrogens is 1. The minimum absolute atomic E-state index is 0.0434. The molecule has 31 heavy (non-hydrogen) atoms. The van der Waals surface area contributed by atoms with Crippen LogP contribution in [0.3, 0.4) is 0 Å². The molecule has 0 aliphatic rings. The Hall–Kier alpha value is -3.03. The van der Waals surface area contributed by atoms with Crippen molar-refractivity contribution in [1.29, 1.82) is 0 Å². The predicted molar refractivity (Wildman–Crippen MR) is 126 cm³/mol. The van der Waals surface area contributed by atoms with Crippen LogP contribution in [0.25, 0.3) is 10.9 Å². The minimum Gasteiger partial charge on any atom is -0.489 e. The first-order valence-electron chi connectivity index (χ1n) is 10.2. The summed E-state index contributed by atoms with van der Waals surface area (Å²) in [6.45, 7) is 7.77. The van der Waals surface area contributed by atoms with Gasteiger partial charge in [-0.25, -0.2) is 0 Å². The zero-order chi connectivity index (χ0) is 22.4. The van der Waals surface area contributed by atoms with E-state index in [0.717, 1.165) is 30.6 Å². The lowest BCUT2D eigenvalue weighted by Crippen LogP contribution is -2.28. The number of carbonyl (C=O) groups excluding carboxylic acids is 1. The number of nitrogens with one attached hydrogen (secondary N) is 2. The van der Waals surface area contributed by atoms with E-state index in [1.54, 1.807) is 19.2 Å². The van der Waals surface area contributed by atoms with Crippen LogP contribution in [-0.4, -0.2) is 41.9 Å². The topological polar surface area (TPSA) is 95.7 Å². The fourth-order valence-corrected chi connectivity index (χ4v) is 3.47. The molecule has 0 unspecified atom stereocenters. The third-order valence-electron chi connectivity index (χ3n) is 5.10. The van der Waals surface area contributed by atoms with Gasteiger partial charge in [0.25, 0.3) is 5.91 Å². The van der Waals surface area contributed by atoms with E-state index in [1.165, 1.54) is 5.56 Å². The summed E-state index contributed by atoms with van der Waals surface area (Å²) in [4.78, 5) is 21.4. The Morgan fingerprint density at radius 3 is 2.48 bits per heavy atom. The number of benzene rings is 2. The monoisotopic (exact) mass is 441 g/mol. The number of carbonyl (C=O) groups is 1. The second-order valence-electron chi connectivity index (χ2n) is 7.17. The predicted octanol–water partition coefficient (Wildman–Crippen LogP) is 3.92. The van der Waals surface area contributed by atoms with Gasteiger partial charge in [0.05, 0.1) is 10.5 Å². The average molecular weight is 442 g/mol. The molecule has 1 heterocycles. The molecule has 8 heteroatoms. The van der Waals surface area contributed by atoms with Crippen molar-refractivity contribution in [3.05, 3.63) is 64.3 Å². The van der Waals surface area contributed by atoms with Crippen LogP contribution in [0, 0.1) is 0 Å². The van der Waals surface area contributed by atoms with Crippen LogP contribution in [0.4, 0.5) is 0 Å². The van der Waals surface area contributed by atoms with Crippen LogP contribution in [-0.2, 0) is 13.2 Å². The summed E-state index contributed by atoms with van der Waals surface area (Å²) in [7, 11) is 1.59. The van der Waals surface area contributed by atoms with Gasteiger partial charge in [0.1, 0.15) is 18.1 Å². The molecular formula is C23H28ClN5O2. The van der Waals surface area contributed by atoms with Gasteiger partial charge >= 0.3 is 0 Å². The zero-order valence-corrected chi connectivity index (χ0v) is 18.8. The van der Waals surface area contributed by atoms with E-state index < -0.39 is 5.91 Å². The molecule has 1 amide bonds. The van der Waals surface area contributed by atoms with Crippen molar-refractivity contribution < 1.29 is 9.53 Å². The summed E-state index contributed by atoms with van der Waals surface area (Å²) >= 11 is 6.40. The molecule has 164 valence electrons. The number of nitrogens with two attached hydrogens (primary N) is 1. The van der Waals surface area contributed by atoms with Gasteiger partial charge in [-0.05, 0) is 36.3 Å². The van der Waals surface area contributed by atoms with E-state index in [1.807, 2.05) is 6.07 Å². The number of aliphatic imine (C=N–C) groups is 1. The number of nitrogens with zero attached hydrogens (tertiary/aromatic N) is 2. The molecule has 0 aliphatic carbocycles. The number of fused-ring (bicyclic) bond motifs is 1. The van der Waals surface area contributed by atoms with Crippen LogP contribution in [0.15, 0.2) is 47.5 Å². The van der Waals surface area contributed by atoms with Gasteiger partial charge in [-0.3, -0.25) is 9.69 Å². The Morgan fingerprint density at radius 1 is 1.16 bits per heavy atom. The number of hydrogen-bond acceptors (Lipinski definition) is 3. The van der Waals surface area contributed by atoms with Crippen molar-refractivity contribution in [1.82, 2.24) is 15.2 Å². The molecule has 2 aromatic carbocycles. The lowest BCUT2D eigenvalue weighted by Gasteiger charge is -2.18. The highest BCUT2D eigenvalue weighted by atomic mass is 35.5. The number of halogens is 1. The molecule has 3 aromatic rings. The van der Waals surface area contributed by atoms with Crippen molar-refractivity contribution in [2.45, 2.75) is 27.0 Å². The van der Waals surface area contributed by atoms with E-state index in [0.29, 0.717) is 28.6 Å². The molecule has 4 N–H and O–H groups in total. The molecule has 1 aromatic heterocycles. The van der Waals surface area contributed by atoms with Gasteiger partial charge in [0, 0.05) is 25.0 Å². The number of H-pyrrole nitrogens is 1. The number of hydrogen-bond donors (Lipinski definition) is 3. The largest absolute Gasteiger partial charge is 0.489 e. The number of guanidine groups is 1. The fourth-order valence-electron chi connectivity index (χ4n) is 3.21. The second kappa shape index (κ2) is 10.3. The molecule has 0 aliphatic heterocycles. The Bertz CT molecular complexity index is 1070. The molecule has 0 saturated heterocycles. The number of rotatable bonds is 8. The van der Waals surface area contributed by atoms with Gasteiger partial charge in [0.2, 0.25) is 0 Å². The van der Waals surface area contributed by atoms with Gasteiger partial charge in [-0.1, -0.05) is 49.7 Å². The smallest absolute Gasteiger partial charge is 0.296 e. The highest BCUT2D eigenvalue weighted by Crippen LogP contribution is 2.30. The van der Waals surface area contributed by atoms with E-state index >= 15 is 0 Å². The number of amides is 1. The third kappa shape index (κ3) is 5.77. The quantitative estimate of drug-likeness (QED) is 0.363. The first kappa shape index (κ1) is 22.7. The summed E-state index contributed by atoms with van der Waals surface area (Å²) < 4.78 is 5.94. The SMILES string of the molecule is CCN(CC)Cc1ccc(COc2cc(Cl)c3cc(C(=O)N=C(N)NC)[nH]c3c2)cc1. The summed E-state index contributed by atoms with van der Waals surface area (Å²) in [6.07, 6.45) is 0. The molecule has 3 rings (SSSR count). The second-order valence-corrected chi connectivity index (χ2v) is 7.58. The zero-order valence-electron chi connectivity index (χ0n) is 18.0. The van der Waals surface area contributed by atoms with Crippen molar-refractivity contribution in [2.75, 3.05) is 20.1 Å². The molecule has 0 radical (unpaired) electrons. The van der Waals surface area contributed by atoms with Crippen LogP contribution in [0.1, 0.15) is 35.5 Å². The Kier molecular flexibility index (Phi) is 7.55. The number of aromatic amines is 1. The maximum absolute atomic E-state index is 12.2. The number of ether oxygens (including phenoxy) is 1. The molecule has 0 fully saturated rings. The van der Waals surface area contributed by atoms with E-state index in [2.05, 4.69) is 58.3 Å². The minimum atomic E-state index is -0.480. The first-order valence-corrected chi connectivity index (χ1v) is 10.6. The fraction of sp³-hybridized carbons (Fsp3) is 0.304. The van der Waals surface area contributed by atoms with Crippen LogP contribution < -0.4 is 15.8 Å². The average Bonchev–Trinajstić information content (AvgIpc) is 3.22. The van der Waals surface area contributed by atoms with Crippen molar-refractivity contribution >= 4 is 34.4 Å². The molecule has 0 bridgehead atoms. The van der Waals surface area contributed by atoms with Crippen LogP contribution in [0.2, 0.25) is 5.02 Å². The summed E-state index contributed by atoms with van der Waals surface area (Å²) in [5.41, 5.74) is 8.90. The Balaban J connectivity index is 1.70. The highest BCUT2D eigenvalue weighted by molar-refractivity contribution is 6.35. The lowest BCUT2D eigenvalue weighted by molar-refractivity contribution is 0.0998. The summed E-state index contributed by atoms with van der Waals surface area (Å²) in [5.74, 6) is 0.178. The maximum atomic E-state index is 12.2. The standard InChI is InChI=1S/C23H28ClN5O2/c1-4-29(5-2)13-15-6-8-16(9-7-15)14-31-17-10-19(24)18-12-21(27-20(18)11-17)22(30)28-23(25)26-3/h6-12,27H,4-5,13-14H2,1-3H3,(H3,25,26,28,30). The molecule has 7 nitrogen and oxygen atoms in total. The van der Waals surface area contributed by atoms with Crippen LogP contribution >= 0.6 is 11.6 Å². The molecule has 0 spiro atoms. The lowest BCUT2D eigenvalue weighted by atomic mass is 10.1. The Labute approximate surface area is 187 Å². The van der Waals surface area contributed by atoms with Crippen molar-refractivity contribution in [2.24, 2.45) is 10.7 Å². The summed E-state index contributed by atoms with van der Waals surface area (Å²) in [6, 6.07) is 13.6.